The SMILES string of the molecule is CC(=O)O[C@H](C)C(=O)N1C(=O)O[C@@H]2[C@H]3OC(C)(C)OC[C@H]3O[C@@H]21. The standard InChI is InChI=1S/C14H19NO8/c1-6(20-7(2)16)11(17)15-12-10(22-13(15)18)9-8(21-12)5-19-14(3,4)23-9/h6,8-10,12H,5H2,1-4H3/t6-,8-,9+,10-,12+/m1/s1. The first-order chi connectivity index (χ1) is 10.7. The Hall–Kier alpha value is -1.71. The molecule has 0 aromatic carbocycles. The summed E-state index contributed by atoms with van der Waals surface area (Å²) in [6.07, 6.45) is -4.56. The summed E-state index contributed by atoms with van der Waals surface area (Å²) >= 11 is 0. The van der Waals surface area contributed by atoms with Crippen LogP contribution in [0.25, 0.3) is 0 Å². The van der Waals surface area contributed by atoms with Gasteiger partial charge in [0.15, 0.2) is 24.2 Å². The number of amides is 2. The Morgan fingerprint density at radius 3 is 2.70 bits per heavy atom. The quantitative estimate of drug-likeness (QED) is 0.661. The third kappa shape index (κ3) is 2.79. The van der Waals surface area contributed by atoms with E-state index >= 15 is 0 Å². The van der Waals surface area contributed by atoms with Crippen molar-refractivity contribution in [2.75, 3.05) is 6.61 Å². The van der Waals surface area contributed by atoms with Crippen molar-refractivity contribution < 1.29 is 38.1 Å². The maximum Gasteiger partial charge on any atom is 0.419 e. The highest BCUT2D eigenvalue weighted by Crippen LogP contribution is 2.39. The van der Waals surface area contributed by atoms with E-state index in [0.29, 0.717) is 0 Å². The molecule has 3 aliphatic heterocycles. The number of hydrogen-bond donors (Lipinski definition) is 0. The number of nitrogens with zero attached hydrogens (tertiary/aromatic N) is 1. The fourth-order valence-electron chi connectivity index (χ4n) is 2.95. The highest BCUT2D eigenvalue weighted by atomic mass is 16.8. The average Bonchev–Trinajstić information content (AvgIpc) is 2.91. The molecule has 5 atom stereocenters. The normalized spacial score (nSPS) is 36.0. The third-order valence-corrected chi connectivity index (χ3v) is 3.92. The van der Waals surface area contributed by atoms with Gasteiger partial charge in [0.1, 0.15) is 12.2 Å². The molecule has 2 amide bonds. The van der Waals surface area contributed by atoms with Crippen LogP contribution in [-0.4, -0.2) is 65.9 Å². The van der Waals surface area contributed by atoms with Crippen molar-refractivity contribution in [2.45, 2.75) is 64.1 Å². The van der Waals surface area contributed by atoms with E-state index < -0.39 is 54.4 Å². The Kier molecular flexibility index (Phi) is 3.81. The molecular formula is C14H19NO8. The van der Waals surface area contributed by atoms with Gasteiger partial charge >= 0.3 is 12.1 Å². The third-order valence-electron chi connectivity index (χ3n) is 3.92. The number of carbonyl (C=O) groups is 3. The molecule has 3 rings (SSSR count). The van der Waals surface area contributed by atoms with Crippen LogP contribution in [0.1, 0.15) is 27.7 Å². The number of fused-ring (bicyclic) bond motifs is 3. The van der Waals surface area contributed by atoms with Gasteiger partial charge in [-0.2, -0.15) is 0 Å². The van der Waals surface area contributed by atoms with E-state index in [1.807, 2.05) is 0 Å². The zero-order valence-corrected chi connectivity index (χ0v) is 13.3. The predicted molar refractivity (Wildman–Crippen MR) is 71.9 cm³/mol. The van der Waals surface area contributed by atoms with Crippen LogP contribution in [0, 0.1) is 0 Å². The number of esters is 1. The van der Waals surface area contributed by atoms with Crippen molar-refractivity contribution in [3.8, 4) is 0 Å². The second kappa shape index (κ2) is 5.43. The molecule has 3 saturated heterocycles. The highest BCUT2D eigenvalue weighted by molar-refractivity contribution is 5.96. The minimum atomic E-state index is -1.11. The summed E-state index contributed by atoms with van der Waals surface area (Å²) in [5.41, 5.74) is 0. The summed E-state index contributed by atoms with van der Waals surface area (Å²) in [6, 6.07) is 0. The van der Waals surface area contributed by atoms with Gasteiger partial charge in [0.2, 0.25) is 0 Å². The van der Waals surface area contributed by atoms with Crippen LogP contribution in [0.15, 0.2) is 0 Å². The van der Waals surface area contributed by atoms with Crippen molar-refractivity contribution in [3.63, 3.8) is 0 Å². The second-order valence-electron chi connectivity index (χ2n) is 6.17. The number of ether oxygens (including phenoxy) is 5. The Morgan fingerprint density at radius 2 is 2.04 bits per heavy atom. The van der Waals surface area contributed by atoms with E-state index in [2.05, 4.69) is 0 Å². The minimum Gasteiger partial charge on any atom is -0.453 e. The second-order valence-corrected chi connectivity index (χ2v) is 6.17. The van der Waals surface area contributed by atoms with Gasteiger partial charge in [0.25, 0.3) is 5.91 Å². The lowest BCUT2D eigenvalue weighted by molar-refractivity contribution is -0.301. The van der Waals surface area contributed by atoms with Crippen LogP contribution in [0.5, 0.6) is 0 Å². The van der Waals surface area contributed by atoms with Crippen molar-refractivity contribution >= 4 is 18.0 Å². The molecule has 0 aromatic rings. The molecule has 9 heteroatoms. The lowest BCUT2D eigenvalue weighted by Crippen LogP contribution is -2.50. The number of hydrogen-bond acceptors (Lipinski definition) is 8. The van der Waals surface area contributed by atoms with Crippen LogP contribution in [0.2, 0.25) is 0 Å². The first-order valence-electron chi connectivity index (χ1n) is 7.38. The van der Waals surface area contributed by atoms with Crippen molar-refractivity contribution in [3.05, 3.63) is 0 Å². The van der Waals surface area contributed by atoms with Crippen molar-refractivity contribution in [1.82, 2.24) is 4.90 Å². The molecule has 0 radical (unpaired) electrons. The maximum atomic E-state index is 12.4. The summed E-state index contributed by atoms with van der Waals surface area (Å²) in [7, 11) is 0. The molecule has 0 aliphatic carbocycles. The first-order valence-corrected chi connectivity index (χ1v) is 7.38. The summed E-state index contributed by atoms with van der Waals surface area (Å²) in [5.74, 6) is -2.14. The highest BCUT2D eigenvalue weighted by Gasteiger charge is 2.61. The van der Waals surface area contributed by atoms with Crippen molar-refractivity contribution in [2.24, 2.45) is 0 Å². The predicted octanol–water partition coefficient (Wildman–Crippen LogP) is 0.162. The minimum absolute atomic E-state index is 0.268. The summed E-state index contributed by atoms with van der Waals surface area (Å²) in [5, 5.41) is 0. The first kappa shape index (κ1) is 16.2. The van der Waals surface area contributed by atoms with E-state index in [0.717, 1.165) is 4.90 Å². The van der Waals surface area contributed by atoms with Gasteiger partial charge in [0.05, 0.1) is 6.61 Å². The largest absolute Gasteiger partial charge is 0.453 e. The smallest absolute Gasteiger partial charge is 0.419 e. The number of carbonyl (C=O) groups excluding carboxylic acids is 3. The van der Waals surface area contributed by atoms with Crippen LogP contribution >= 0.6 is 0 Å². The fourth-order valence-corrected chi connectivity index (χ4v) is 2.95. The molecule has 0 unspecified atom stereocenters. The Labute approximate surface area is 132 Å². The molecule has 23 heavy (non-hydrogen) atoms. The van der Waals surface area contributed by atoms with Crippen LogP contribution < -0.4 is 0 Å². The molecule has 0 saturated carbocycles. The van der Waals surface area contributed by atoms with Crippen molar-refractivity contribution in [1.29, 1.82) is 0 Å². The van der Waals surface area contributed by atoms with E-state index in [1.165, 1.54) is 13.8 Å². The summed E-state index contributed by atoms with van der Waals surface area (Å²) in [6.45, 7) is 6.33. The van der Waals surface area contributed by atoms with Gasteiger partial charge < -0.3 is 23.7 Å². The van der Waals surface area contributed by atoms with E-state index in [9.17, 15) is 14.4 Å². The molecule has 3 fully saturated rings. The van der Waals surface area contributed by atoms with Gasteiger partial charge in [-0.05, 0) is 20.8 Å². The molecule has 128 valence electrons. The fraction of sp³-hybridized carbons (Fsp3) is 0.786. The topological polar surface area (TPSA) is 101 Å². The molecule has 0 N–H and O–H groups in total. The summed E-state index contributed by atoms with van der Waals surface area (Å²) in [4.78, 5) is 36.2. The van der Waals surface area contributed by atoms with Crippen LogP contribution in [-0.2, 0) is 33.3 Å². The van der Waals surface area contributed by atoms with E-state index in [-0.39, 0.29) is 6.61 Å². The van der Waals surface area contributed by atoms with E-state index in [4.69, 9.17) is 23.7 Å². The van der Waals surface area contributed by atoms with Gasteiger partial charge in [-0.15, -0.1) is 0 Å². The Balaban J connectivity index is 1.77. The van der Waals surface area contributed by atoms with Crippen LogP contribution in [0.4, 0.5) is 4.79 Å². The van der Waals surface area contributed by atoms with E-state index in [1.54, 1.807) is 13.8 Å². The zero-order valence-electron chi connectivity index (χ0n) is 13.3. The molecule has 9 nitrogen and oxygen atoms in total. The zero-order chi connectivity index (χ0) is 16.9. The monoisotopic (exact) mass is 329 g/mol. The average molecular weight is 329 g/mol. The molecular weight excluding hydrogens is 310 g/mol. The lowest BCUT2D eigenvalue weighted by Gasteiger charge is -2.37. The lowest BCUT2D eigenvalue weighted by atomic mass is 10.1. The molecule has 0 spiro atoms. The number of rotatable bonds is 2. The van der Waals surface area contributed by atoms with Gasteiger partial charge in [0, 0.05) is 6.92 Å². The maximum absolute atomic E-state index is 12.4. The number of imide groups is 1. The molecule has 0 bridgehead atoms. The molecule has 0 aromatic heterocycles. The Morgan fingerprint density at radius 1 is 1.35 bits per heavy atom. The van der Waals surface area contributed by atoms with Gasteiger partial charge in [-0.1, -0.05) is 0 Å². The summed E-state index contributed by atoms with van der Waals surface area (Å²) < 4.78 is 27.1. The van der Waals surface area contributed by atoms with Gasteiger partial charge in [-0.25, -0.2) is 9.69 Å². The molecule has 3 aliphatic rings. The van der Waals surface area contributed by atoms with Crippen LogP contribution in [0.3, 0.4) is 0 Å². The molecule has 3 heterocycles. The van der Waals surface area contributed by atoms with Gasteiger partial charge in [-0.3, -0.25) is 9.59 Å². The Bertz CT molecular complexity index is 547.